The number of benzene rings is 1. The summed E-state index contributed by atoms with van der Waals surface area (Å²) in [5, 5.41) is 0. The number of hydrogen-bond acceptors (Lipinski definition) is 4. The summed E-state index contributed by atoms with van der Waals surface area (Å²) < 4.78 is 5.56. The van der Waals surface area contributed by atoms with Crippen LogP contribution < -0.4 is 4.74 Å². The maximum Gasteiger partial charge on any atom is 0.217 e. The summed E-state index contributed by atoms with van der Waals surface area (Å²) in [4.78, 5) is 19.4. The van der Waals surface area contributed by atoms with E-state index in [0.717, 1.165) is 11.3 Å². The molecule has 0 spiro atoms. The van der Waals surface area contributed by atoms with Crippen molar-refractivity contribution < 1.29 is 9.53 Å². The normalized spacial score (nSPS) is 10.1. The fourth-order valence-electron chi connectivity index (χ4n) is 1.50. The molecule has 0 atom stereocenters. The van der Waals surface area contributed by atoms with E-state index in [-0.39, 0.29) is 11.6 Å². The molecule has 2 rings (SSSR count). The molecule has 2 aromatic rings. The summed E-state index contributed by atoms with van der Waals surface area (Å²) in [5.41, 5.74) is 1.77. The Hall–Kier alpha value is -2.23. The molecule has 0 aliphatic rings. The molecule has 4 nitrogen and oxygen atoms in total. The number of ketones is 1. The van der Waals surface area contributed by atoms with Crippen LogP contribution in [0.2, 0.25) is 0 Å². The number of rotatable bonds is 4. The van der Waals surface area contributed by atoms with Gasteiger partial charge >= 0.3 is 0 Å². The number of Topliss-reactive ketones (excluding diaryl/α,β-unsaturated/α-hetero) is 1. The van der Waals surface area contributed by atoms with Gasteiger partial charge in [0, 0.05) is 18.7 Å². The fraction of sp³-hybridized carbons (Fsp3) is 0.214. The van der Waals surface area contributed by atoms with Gasteiger partial charge in [0.2, 0.25) is 5.88 Å². The number of aromatic nitrogens is 2. The Kier molecular flexibility index (Phi) is 3.67. The van der Waals surface area contributed by atoms with Crippen molar-refractivity contribution in [1.82, 2.24) is 9.97 Å². The first-order chi connectivity index (χ1) is 8.65. The molecule has 4 heteroatoms. The van der Waals surface area contributed by atoms with Crippen LogP contribution in [0.1, 0.15) is 28.8 Å². The molecule has 0 aliphatic heterocycles. The summed E-state index contributed by atoms with van der Waals surface area (Å²) in [7, 11) is 0. The summed E-state index contributed by atoms with van der Waals surface area (Å²) in [6.07, 6.45) is 0. The van der Waals surface area contributed by atoms with E-state index in [4.69, 9.17) is 4.74 Å². The van der Waals surface area contributed by atoms with Crippen molar-refractivity contribution in [2.45, 2.75) is 20.5 Å². The molecule has 1 heterocycles. The smallest absolute Gasteiger partial charge is 0.217 e. The van der Waals surface area contributed by atoms with Crippen molar-refractivity contribution in [2.75, 3.05) is 0 Å². The highest BCUT2D eigenvalue weighted by Gasteiger charge is 2.07. The molecule has 0 radical (unpaired) electrons. The standard InChI is InChI=1S/C14H14N2O2/c1-10-8-13(16-14(15-10)11(2)17)18-9-12-6-4-3-5-7-12/h3-8H,9H2,1-2H3. The topological polar surface area (TPSA) is 52.1 Å². The third-order valence-corrected chi connectivity index (χ3v) is 2.38. The van der Waals surface area contributed by atoms with Crippen LogP contribution in [0.15, 0.2) is 36.4 Å². The van der Waals surface area contributed by atoms with Gasteiger partial charge in [-0.2, -0.15) is 4.98 Å². The zero-order valence-electron chi connectivity index (χ0n) is 10.4. The third-order valence-electron chi connectivity index (χ3n) is 2.38. The van der Waals surface area contributed by atoms with E-state index in [1.807, 2.05) is 37.3 Å². The van der Waals surface area contributed by atoms with Crippen LogP contribution in [-0.4, -0.2) is 15.8 Å². The molecule has 18 heavy (non-hydrogen) atoms. The highest BCUT2D eigenvalue weighted by molar-refractivity contribution is 5.90. The highest BCUT2D eigenvalue weighted by Crippen LogP contribution is 2.11. The average molecular weight is 242 g/mol. The van der Waals surface area contributed by atoms with Crippen LogP contribution in [-0.2, 0) is 6.61 Å². The number of ether oxygens (including phenoxy) is 1. The van der Waals surface area contributed by atoms with Gasteiger partial charge in [-0.15, -0.1) is 0 Å². The highest BCUT2D eigenvalue weighted by atomic mass is 16.5. The SMILES string of the molecule is CC(=O)c1nc(C)cc(OCc2ccccc2)n1. The van der Waals surface area contributed by atoms with Gasteiger partial charge in [0.15, 0.2) is 11.6 Å². The van der Waals surface area contributed by atoms with Crippen molar-refractivity contribution in [3.8, 4) is 5.88 Å². The maximum atomic E-state index is 11.2. The van der Waals surface area contributed by atoms with Crippen LogP contribution in [0.4, 0.5) is 0 Å². The van der Waals surface area contributed by atoms with Crippen LogP contribution >= 0.6 is 0 Å². The molecule has 1 aromatic heterocycles. The molecule has 0 N–H and O–H groups in total. The monoisotopic (exact) mass is 242 g/mol. The second-order valence-corrected chi connectivity index (χ2v) is 4.00. The van der Waals surface area contributed by atoms with Gasteiger partial charge in [0.1, 0.15) is 6.61 Å². The number of nitrogens with zero attached hydrogens (tertiary/aromatic N) is 2. The zero-order valence-corrected chi connectivity index (χ0v) is 10.4. The van der Waals surface area contributed by atoms with Crippen molar-refractivity contribution in [3.63, 3.8) is 0 Å². The zero-order chi connectivity index (χ0) is 13.0. The predicted molar refractivity (Wildman–Crippen MR) is 67.5 cm³/mol. The Morgan fingerprint density at radius 3 is 2.61 bits per heavy atom. The Morgan fingerprint density at radius 1 is 1.22 bits per heavy atom. The lowest BCUT2D eigenvalue weighted by atomic mass is 10.2. The molecule has 0 amide bonds. The second kappa shape index (κ2) is 5.40. The van der Waals surface area contributed by atoms with Gasteiger partial charge in [-0.25, -0.2) is 4.98 Å². The predicted octanol–water partition coefficient (Wildman–Crippen LogP) is 2.57. The molecule has 0 aliphatic carbocycles. The molecule has 0 saturated heterocycles. The minimum atomic E-state index is -0.164. The Bertz CT molecular complexity index is 553. The minimum absolute atomic E-state index is 0.164. The number of carbonyl (C=O) groups excluding carboxylic acids is 1. The van der Waals surface area contributed by atoms with E-state index in [0.29, 0.717) is 12.5 Å². The Balaban J connectivity index is 2.12. The largest absolute Gasteiger partial charge is 0.473 e. The van der Waals surface area contributed by atoms with E-state index in [1.165, 1.54) is 6.92 Å². The van der Waals surface area contributed by atoms with Gasteiger partial charge < -0.3 is 4.74 Å². The summed E-state index contributed by atoms with van der Waals surface area (Å²) in [6, 6.07) is 11.5. The van der Waals surface area contributed by atoms with Crippen molar-refractivity contribution >= 4 is 5.78 Å². The van der Waals surface area contributed by atoms with E-state index in [1.54, 1.807) is 6.07 Å². The Morgan fingerprint density at radius 2 is 1.94 bits per heavy atom. The first-order valence-electron chi connectivity index (χ1n) is 5.68. The van der Waals surface area contributed by atoms with Crippen molar-refractivity contribution in [3.05, 3.63) is 53.5 Å². The average Bonchev–Trinajstić information content (AvgIpc) is 2.37. The summed E-state index contributed by atoms with van der Waals surface area (Å²) >= 11 is 0. The first-order valence-corrected chi connectivity index (χ1v) is 5.68. The van der Waals surface area contributed by atoms with Crippen molar-refractivity contribution in [1.29, 1.82) is 0 Å². The quantitative estimate of drug-likeness (QED) is 0.773. The molecule has 0 bridgehead atoms. The minimum Gasteiger partial charge on any atom is -0.473 e. The molecule has 92 valence electrons. The van der Waals surface area contributed by atoms with Crippen LogP contribution in [0, 0.1) is 6.92 Å². The lowest BCUT2D eigenvalue weighted by Crippen LogP contribution is -2.05. The van der Waals surface area contributed by atoms with E-state index in [9.17, 15) is 4.79 Å². The van der Waals surface area contributed by atoms with Crippen molar-refractivity contribution in [2.24, 2.45) is 0 Å². The van der Waals surface area contributed by atoms with Crippen LogP contribution in [0.3, 0.4) is 0 Å². The van der Waals surface area contributed by atoms with Gasteiger partial charge in [0.05, 0.1) is 0 Å². The van der Waals surface area contributed by atoms with Gasteiger partial charge in [0.25, 0.3) is 0 Å². The number of aryl methyl sites for hydroxylation is 1. The summed E-state index contributed by atoms with van der Waals surface area (Å²) in [6.45, 7) is 3.67. The summed E-state index contributed by atoms with van der Waals surface area (Å²) in [5.74, 6) is 0.456. The van der Waals surface area contributed by atoms with Gasteiger partial charge in [-0.1, -0.05) is 30.3 Å². The maximum absolute atomic E-state index is 11.2. The second-order valence-electron chi connectivity index (χ2n) is 4.00. The van der Waals surface area contributed by atoms with E-state index in [2.05, 4.69) is 9.97 Å². The number of carbonyl (C=O) groups is 1. The molecule has 1 aromatic carbocycles. The fourth-order valence-corrected chi connectivity index (χ4v) is 1.50. The van der Waals surface area contributed by atoms with Crippen LogP contribution in [0.25, 0.3) is 0 Å². The van der Waals surface area contributed by atoms with Gasteiger partial charge in [-0.05, 0) is 12.5 Å². The lowest BCUT2D eigenvalue weighted by molar-refractivity contribution is 0.100. The first kappa shape index (κ1) is 12.2. The van der Waals surface area contributed by atoms with E-state index >= 15 is 0 Å². The molecular weight excluding hydrogens is 228 g/mol. The molecular formula is C14H14N2O2. The molecule has 0 fully saturated rings. The van der Waals surface area contributed by atoms with Crippen LogP contribution in [0.5, 0.6) is 5.88 Å². The Labute approximate surface area is 106 Å². The molecule has 0 unspecified atom stereocenters. The number of hydrogen-bond donors (Lipinski definition) is 0. The van der Waals surface area contributed by atoms with E-state index < -0.39 is 0 Å². The lowest BCUT2D eigenvalue weighted by Gasteiger charge is -2.06. The van der Waals surface area contributed by atoms with Gasteiger partial charge in [-0.3, -0.25) is 4.79 Å². The third kappa shape index (κ3) is 3.13. The molecule has 0 saturated carbocycles.